The summed E-state index contributed by atoms with van der Waals surface area (Å²) in [5.74, 6) is 0.338. The molecule has 108 valence electrons. The minimum atomic E-state index is -0.431. The molecular weight excluding hydrogens is 244 g/mol. The van der Waals surface area contributed by atoms with Crippen molar-refractivity contribution in [3.63, 3.8) is 0 Å². The van der Waals surface area contributed by atoms with Crippen molar-refractivity contribution in [3.8, 4) is 0 Å². The van der Waals surface area contributed by atoms with Gasteiger partial charge in [-0.3, -0.25) is 9.59 Å². The Balaban J connectivity index is 1.88. The van der Waals surface area contributed by atoms with E-state index in [1.165, 1.54) is 0 Å². The van der Waals surface area contributed by atoms with Crippen molar-refractivity contribution < 1.29 is 9.59 Å². The normalized spacial score (nSPS) is 28.6. The molecule has 2 aliphatic heterocycles. The van der Waals surface area contributed by atoms with E-state index in [1.807, 2.05) is 4.90 Å². The SMILES string of the molecule is NC[C@H]1CCCN(C(=O)CN2CCC[C@H](N)C2=O)C1. The number of nitrogens with two attached hydrogens (primary N) is 2. The fraction of sp³-hybridized carbons (Fsp3) is 0.846. The molecule has 0 aromatic heterocycles. The standard InChI is InChI=1S/C13H24N4O2/c14-7-10-3-1-5-16(8-10)12(18)9-17-6-2-4-11(15)13(17)19/h10-11H,1-9,14-15H2/t10-,11+/m1/s1. The molecule has 2 aliphatic rings. The summed E-state index contributed by atoms with van der Waals surface area (Å²) in [5.41, 5.74) is 11.4. The Morgan fingerprint density at radius 1 is 1.26 bits per heavy atom. The monoisotopic (exact) mass is 268 g/mol. The van der Waals surface area contributed by atoms with Gasteiger partial charge in [0, 0.05) is 19.6 Å². The Morgan fingerprint density at radius 3 is 2.74 bits per heavy atom. The second kappa shape index (κ2) is 6.34. The third-order valence-electron chi connectivity index (χ3n) is 4.10. The van der Waals surface area contributed by atoms with Gasteiger partial charge < -0.3 is 21.3 Å². The van der Waals surface area contributed by atoms with Gasteiger partial charge in [-0.15, -0.1) is 0 Å². The molecule has 2 rings (SSSR count). The van der Waals surface area contributed by atoms with Gasteiger partial charge in [-0.1, -0.05) is 0 Å². The Hall–Kier alpha value is -1.14. The van der Waals surface area contributed by atoms with Crippen molar-refractivity contribution in [1.82, 2.24) is 9.80 Å². The Labute approximate surface area is 114 Å². The van der Waals surface area contributed by atoms with Gasteiger partial charge in [-0.25, -0.2) is 0 Å². The maximum atomic E-state index is 12.2. The number of rotatable bonds is 3. The number of hydrogen-bond donors (Lipinski definition) is 2. The predicted octanol–water partition coefficient (Wildman–Crippen LogP) is -0.867. The first-order valence-corrected chi connectivity index (χ1v) is 7.14. The van der Waals surface area contributed by atoms with Crippen LogP contribution in [0.25, 0.3) is 0 Å². The molecule has 0 unspecified atom stereocenters. The Bertz CT molecular complexity index is 348. The lowest BCUT2D eigenvalue weighted by molar-refractivity contribution is -0.143. The highest BCUT2D eigenvalue weighted by atomic mass is 16.2. The average molecular weight is 268 g/mol. The van der Waals surface area contributed by atoms with Gasteiger partial charge in [-0.2, -0.15) is 0 Å². The third kappa shape index (κ3) is 3.45. The van der Waals surface area contributed by atoms with Crippen molar-refractivity contribution in [2.75, 3.05) is 32.7 Å². The van der Waals surface area contributed by atoms with E-state index < -0.39 is 6.04 Å². The van der Waals surface area contributed by atoms with Crippen LogP contribution in [0.2, 0.25) is 0 Å². The van der Waals surface area contributed by atoms with Crippen LogP contribution in [-0.4, -0.2) is 60.4 Å². The zero-order valence-corrected chi connectivity index (χ0v) is 11.4. The van der Waals surface area contributed by atoms with E-state index in [0.29, 0.717) is 19.0 Å². The third-order valence-corrected chi connectivity index (χ3v) is 4.10. The van der Waals surface area contributed by atoms with Crippen LogP contribution in [0.5, 0.6) is 0 Å². The van der Waals surface area contributed by atoms with E-state index in [9.17, 15) is 9.59 Å². The van der Waals surface area contributed by atoms with Gasteiger partial charge in [0.2, 0.25) is 11.8 Å². The van der Waals surface area contributed by atoms with Crippen LogP contribution < -0.4 is 11.5 Å². The molecule has 2 saturated heterocycles. The molecule has 0 radical (unpaired) electrons. The number of hydrogen-bond acceptors (Lipinski definition) is 4. The largest absolute Gasteiger partial charge is 0.341 e. The molecular formula is C13H24N4O2. The van der Waals surface area contributed by atoms with Gasteiger partial charge in [0.1, 0.15) is 0 Å². The molecule has 0 saturated carbocycles. The van der Waals surface area contributed by atoms with E-state index in [4.69, 9.17) is 11.5 Å². The summed E-state index contributed by atoms with van der Waals surface area (Å²) in [6, 6.07) is -0.431. The average Bonchev–Trinajstić information content (AvgIpc) is 2.44. The minimum Gasteiger partial charge on any atom is -0.341 e. The molecule has 6 nitrogen and oxygen atoms in total. The van der Waals surface area contributed by atoms with E-state index in [0.717, 1.165) is 38.8 Å². The molecule has 0 aromatic rings. The highest BCUT2D eigenvalue weighted by molar-refractivity contribution is 5.88. The highest BCUT2D eigenvalue weighted by Gasteiger charge is 2.29. The lowest BCUT2D eigenvalue weighted by Crippen LogP contribution is -2.53. The summed E-state index contributed by atoms with van der Waals surface area (Å²) in [6.45, 7) is 2.94. The van der Waals surface area contributed by atoms with Gasteiger partial charge in [0.15, 0.2) is 0 Å². The first kappa shape index (κ1) is 14.3. The smallest absolute Gasteiger partial charge is 0.242 e. The van der Waals surface area contributed by atoms with E-state index in [2.05, 4.69) is 0 Å². The second-order valence-corrected chi connectivity index (χ2v) is 5.59. The first-order valence-electron chi connectivity index (χ1n) is 7.14. The Kier molecular flexibility index (Phi) is 4.76. The summed E-state index contributed by atoms with van der Waals surface area (Å²) in [4.78, 5) is 27.5. The molecule has 2 fully saturated rings. The summed E-state index contributed by atoms with van der Waals surface area (Å²) in [5, 5.41) is 0. The van der Waals surface area contributed by atoms with Gasteiger partial charge in [0.25, 0.3) is 0 Å². The number of nitrogens with zero attached hydrogens (tertiary/aromatic N) is 2. The molecule has 0 aliphatic carbocycles. The minimum absolute atomic E-state index is 0.0283. The maximum Gasteiger partial charge on any atom is 0.242 e. The highest BCUT2D eigenvalue weighted by Crippen LogP contribution is 2.16. The number of likely N-dealkylation sites (tertiary alicyclic amines) is 2. The summed E-state index contributed by atoms with van der Waals surface area (Å²) < 4.78 is 0. The predicted molar refractivity (Wildman–Crippen MR) is 72.1 cm³/mol. The van der Waals surface area contributed by atoms with Crippen molar-refractivity contribution in [1.29, 1.82) is 0 Å². The van der Waals surface area contributed by atoms with Crippen LogP contribution >= 0.6 is 0 Å². The van der Waals surface area contributed by atoms with Crippen molar-refractivity contribution in [2.24, 2.45) is 17.4 Å². The summed E-state index contributed by atoms with van der Waals surface area (Å²) >= 11 is 0. The van der Waals surface area contributed by atoms with E-state index >= 15 is 0 Å². The van der Waals surface area contributed by atoms with Crippen LogP contribution in [0, 0.1) is 5.92 Å². The quantitative estimate of drug-likeness (QED) is 0.696. The lowest BCUT2D eigenvalue weighted by Gasteiger charge is -2.35. The molecule has 6 heteroatoms. The topological polar surface area (TPSA) is 92.7 Å². The van der Waals surface area contributed by atoms with Gasteiger partial charge in [-0.05, 0) is 38.1 Å². The van der Waals surface area contributed by atoms with Crippen LogP contribution in [0.3, 0.4) is 0 Å². The molecule has 4 N–H and O–H groups in total. The fourth-order valence-corrected chi connectivity index (χ4v) is 2.87. The van der Waals surface area contributed by atoms with Gasteiger partial charge in [0.05, 0.1) is 12.6 Å². The van der Waals surface area contributed by atoms with Crippen molar-refractivity contribution >= 4 is 11.8 Å². The number of carbonyl (C=O) groups excluding carboxylic acids is 2. The molecule has 0 aromatic carbocycles. The maximum absolute atomic E-state index is 12.2. The van der Waals surface area contributed by atoms with E-state index in [1.54, 1.807) is 4.90 Å². The molecule has 2 heterocycles. The number of piperidine rings is 2. The molecule has 2 atom stereocenters. The zero-order chi connectivity index (χ0) is 13.8. The second-order valence-electron chi connectivity index (χ2n) is 5.59. The van der Waals surface area contributed by atoms with Crippen LogP contribution in [0.15, 0.2) is 0 Å². The molecule has 2 amide bonds. The van der Waals surface area contributed by atoms with Crippen molar-refractivity contribution in [2.45, 2.75) is 31.7 Å². The van der Waals surface area contributed by atoms with Crippen molar-refractivity contribution in [3.05, 3.63) is 0 Å². The first-order chi connectivity index (χ1) is 9.11. The molecule has 0 bridgehead atoms. The summed E-state index contributed by atoms with van der Waals surface area (Å²) in [7, 11) is 0. The van der Waals surface area contributed by atoms with Gasteiger partial charge >= 0.3 is 0 Å². The van der Waals surface area contributed by atoms with E-state index in [-0.39, 0.29) is 18.4 Å². The fourth-order valence-electron chi connectivity index (χ4n) is 2.87. The number of carbonyl (C=O) groups is 2. The molecule has 19 heavy (non-hydrogen) atoms. The van der Waals surface area contributed by atoms with Crippen LogP contribution in [-0.2, 0) is 9.59 Å². The van der Waals surface area contributed by atoms with Crippen LogP contribution in [0.1, 0.15) is 25.7 Å². The van der Waals surface area contributed by atoms with Crippen LogP contribution in [0.4, 0.5) is 0 Å². The lowest BCUT2D eigenvalue weighted by atomic mass is 9.98. The Morgan fingerprint density at radius 2 is 2.00 bits per heavy atom. The zero-order valence-electron chi connectivity index (χ0n) is 11.4. The molecule has 0 spiro atoms. The summed E-state index contributed by atoms with van der Waals surface area (Å²) in [6.07, 6.45) is 3.70. The number of amides is 2.